The molecule has 2 amide bonds. The lowest BCUT2D eigenvalue weighted by Crippen LogP contribution is -2.39. The maximum absolute atomic E-state index is 12.7. The van der Waals surface area contributed by atoms with E-state index in [9.17, 15) is 9.59 Å². The SMILES string of the molecule is O=C1CCCN1c1ccc2c(c1)OCc1cc(Nc3cnc4c(c3)N(C(=O)C3CC3)CCO4)ncc1-2. The van der Waals surface area contributed by atoms with Gasteiger partial charge in [-0.25, -0.2) is 9.97 Å². The first-order chi connectivity index (χ1) is 17.6. The number of aromatic nitrogens is 2. The Morgan fingerprint density at radius 3 is 2.78 bits per heavy atom. The van der Waals surface area contributed by atoms with Crippen molar-refractivity contribution in [3.05, 3.63) is 48.3 Å². The van der Waals surface area contributed by atoms with E-state index in [1.807, 2.05) is 41.4 Å². The highest BCUT2D eigenvalue weighted by Gasteiger charge is 2.36. The molecule has 2 aromatic heterocycles. The number of pyridine rings is 2. The van der Waals surface area contributed by atoms with E-state index in [0.717, 1.165) is 59.6 Å². The summed E-state index contributed by atoms with van der Waals surface area (Å²) in [5, 5.41) is 3.32. The summed E-state index contributed by atoms with van der Waals surface area (Å²) in [6, 6.07) is 9.79. The van der Waals surface area contributed by atoms with E-state index in [1.54, 1.807) is 11.1 Å². The molecule has 4 aliphatic rings. The third kappa shape index (κ3) is 3.62. The summed E-state index contributed by atoms with van der Waals surface area (Å²) in [5.41, 5.74) is 5.31. The lowest BCUT2D eigenvalue weighted by Gasteiger charge is -2.29. The fraction of sp³-hybridized carbons (Fsp3) is 0.333. The summed E-state index contributed by atoms with van der Waals surface area (Å²) >= 11 is 0. The molecule has 36 heavy (non-hydrogen) atoms. The number of nitrogens with one attached hydrogen (secondary N) is 1. The van der Waals surface area contributed by atoms with Gasteiger partial charge in [0.25, 0.3) is 0 Å². The molecule has 5 heterocycles. The highest BCUT2D eigenvalue weighted by atomic mass is 16.5. The normalized spacial score (nSPS) is 18.1. The van der Waals surface area contributed by atoms with E-state index in [2.05, 4.69) is 15.3 Å². The monoisotopic (exact) mass is 483 g/mol. The molecule has 0 atom stereocenters. The number of rotatable bonds is 4. The third-order valence-corrected chi connectivity index (χ3v) is 7.15. The number of benzene rings is 1. The van der Waals surface area contributed by atoms with Crippen molar-refractivity contribution in [2.75, 3.05) is 34.8 Å². The van der Waals surface area contributed by atoms with E-state index in [0.29, 0.717) is 43.6 Å². The molecule has 3 aromatic rings. The van der Waals surface area contributed by atoms with Gasteiger partial charge in [0.05, 0.1) is 18.4 Å². The standard InChI is InChI=1S/C27H25N5O4/c33-25-2-1-7-31(25)19-5-6-20-21-14-28-24(10-17(21)15-36-23(20)12-19)30-18-11-22-26(29-13-18)35-9-8-32(22)27(34)16-3-4-16/h5-6,10-14,16H,1-4,7-9,15H2,(H,28,30). The summed E-state index contributed by atoms with van der Waals surface area (Å²) in [4.78, 5) is 37.6. The number of ether oxygens (including phenoxy) is 2. The molecule has 0 radical (unpaired) electrons. The molecule has 1 saturated carbocycles. The summed E-state index contributed by atoms with van der Waals surface area (Å²) in [6.45, 7) is 2.15. The second kappa shape index (κ2) is 8.22. The molecule has 0 unspecified atom stereocenters. The van der Waals surface area contributed by atoms with Crippen molar-refractivity contribution in [3.8, 4) is 22.8 Å². The Morgan fingerprint density at radius 2 is 1.94 bits per heavy atom. The van der Waals surface area contributed by atoms with Crippen molar-refractivity contribution in [2.24, 2.45) is 5.92 Å². The van der Waals surface area contributed by atoms with Crippen LogP contribution in [0.3, 0.4) is 0 Å². The van der Waals surface area contributed by atoms with Gasteiger partial charge in [-0.1, -0.05) is 0 Å². The number of anilines is 4. The van der Waals surface area contributed by atoms with Crippen LogP contribution >= 0.6 is 0 Å². The van der Waals surface area contributed by atoms with E-state index in [1.165, 1.54) is 0 Å². The van der Waals surface area contributed by atoms with Crippen molar-refractivity contribution in [1.29, 1.82) is 0 Å². The molecule has 9 nitrogen and oxygen atoms in total. The fourth-order valence-electron chi connectivity index (χ4n) is 5.12. The van der Waals surface area contributed by atoms with Gasteiger partial charge in [0.15, 0.2) is 0 Å². The molecule has 7 rings (SSSR count). The Morgan fingerprint density at radius 1 is 1.03 bits per heavy atom. The van der Waals surface area contributed by atoms with Crippen molar-refractivity contribution in [3.63, 3.8) is 0 Å². The first-order valence-corrected chi connectivity index (χ1v) is 12.4. The summed E-state index contributed by atoms with van der Waals surface area (Å²) in [7, 11) is 0. The Labute approximate surface area is 208 Å². The second-order valence-corrected chi connectivity index (χ2v) is 9.63. The van der Waals surface area contributed by atoms with E-state index in [4.69, 9.17) is 9.47 Å². The maximum Gasteiger partial charge on any atom is 0.238 e. The Balaban J connectivity index is 1.14. The molecule has 1 saturated heterocycles. The van der Waals surface area contributed by atoms with E-state index < -0.39 is 0 Å². The molecular formula is C27H25N5O4. The van der Waals surface area contributed by atoms with E-state index in [-0.39, 0.29) is 17.7 Å². The van der Waals surface area contributed by atoms with Crippen LogP contribution < -0.4 is 24.6 Å². The van der Waals surface area contributed by atoms with Gasteiger partial charge in [0.1, 0.15) is 30.5 Å². The Hall–Kier alpha value is -4.14. The third-order valence-electron chi connectivity index (χ3n) is 7.15. The fourth-order valence-corrected chi connectivity index (χ4v) is 5.12. The van der Waals surface area contributed by atoms with Crippen molar-refractivity contribution < 1.29 is 19.1 Å². The lowest BCUT2D eigenvalue weighted by molar-refractivity contribution is -0.120. The first kappa shape index (κ1) is 21.2. The van der Waals surface area contributed by atoms with Crippen LogP contribution in [0.1, 0.15) is 31.2 Å². The Bertz CT molecular complexity index is 1400. The van der Waals surface area contributed by atoms with Crippen molar-refractivity contribution in [2.45, 2.75) is 32.3 Å². The topological polar surface area (TPSA) is 96.9 Å². The van der Waals surface area contributed by atoms with Crippen LogP contribution in [0.25, 0.3) is 11.1 Å². The predicted octanol–water partition coefficient (Wildman–Crippen LogP) is 4.04. The van der Waals surface area contributed by atoms with Gasteiger partial charge in [0, 0.05) is 53.5 Å². The van der Waals surface area contributed by atoms with Gasteiger partial charge in [0.2, 0.25) is 17.7 Å². The van der Waals surface area contributed by atoms with Crippen LogP contribution in [0, 0.1) is 5.92 Å². The summed E-state index contributed by atoms with van der Waals surface area (Å²) in [6.07, 6.45) is 6.94. The van der Waals surface area contributed by atoms with E-state index >= 15 is 0 Å². The van der Waals surface area contributed by atoms with Crippen LogP contribution in [-0.2, 0) is 16.2 Å². The quantitative estimate of drug-likeness (QED) is 0.598. The van der Waals surface area contributed by atoms with Gasteiger partial charge in [-0.2, -0.15) is 0 Å². The number of carbonyl (C=O) groups excluding carboxylic acids is 2. The molecule has 2 fully saturated rings. The molecule has 1 aliphatic carbocycles. The van der Waals surface area contributed by atoms with Crippen LogP contribution in [0.5, 0.6) is 11.6 Å². The highest BCUT2D eigenvalue weighted by molar-refractivity contribution is 5.98. The van der Waals surface area contributed by atoms with Crippen LogP contribution in [-0.4, -0.2) is 41.5 Å². The summed E-state index contributed by atoms with van der Waals surface area (Å²) in [5.74, 6) is 2.36. The number of carbonyl (C=O) groups is 2. The average molecular weight is 484 g/mol. The first-order valence-electron chi connectivity index (χ1n) is 12.4. The molecule has 1 aromatic carbocycles. The zero-order valence-corrected chi connectivity index (χ0v) is 19.7. The molecular weight excluding hydrogens is 458 g/mol. The second-order valence-electron chi connectivity index (χ2n) is 9.63. The zero-order valence-electron chi connectivity index (χ0n) is 19.7. The number of hydrogen-bond acceptors (Lipinski definition) is 7. The average Bonchev–Trinajstić information content (AvgIpc) is 3.67. The molecule has 1 N–H and O–H groups in total. The smallest absolute Gasteiger partial charge is 0.238 e. The summed E-state index contributed by atoms with van der Waals surface area (Å²) < 4.78 is 11.7. The lowest BCUT2D eigenvalue weighted by atomic mass is 9.98. The number of hydrogen-bond donors (Lipinski definition) is 1. The molecule has 0 spiro atoms. The molecule has 182 valence electrons. The van der Waals surface area contributed by atoms with Gasteiger partial charge >= 0.3 is 0 Å². The van der Waals surface area contributed by atoms with Gasteiger partial charge in [-0.3, -0.25) is 9.59 Å². The van der Waals surface area contributed by atoms with Gasteiger partial charge in [-0.05, 0) is 43.5 Å². The Kier molecular flexibility index (Phi) is 4.83. The van der Waals surface area contributed by atoms with Crippen LogP contribution in [0.4, 0.5) is 22.9 Å². The minimum atomic E-state index is 0.129. The minimum absolute atomic E-state index is 0.129. The maximum atomic E-state index is 12.7. The van der Waals surface area contributed by atoms with Crippen LogP contribution in [0.15, 0.2) is 42.7 Å². The minimum Gasteiger partial charge on any atom is -0.488 e. The number of fused-ring (bicyclic) bond motifs is 4. The number of amides is 2. The van der Waals surface area contributed by atoms with Gasteiger partial charge in [-0.15, -0.1) is 0 Å². The molecule has 3 aliphatic heterocycles. The van der Waals surface area contributed by atoms with Gasteiger partial charge < -0.3 is 24.6 Å². The number of nitrogens with zero attached hydrogens (tertiary/aromatic N) is 4. The predicted molar refractivity (Wildman–Crippen MR) is 134 cm³/mol. The molecule has 9 heteroatoms. The largest absolute Gasteiger partial charge is 0.488 e. The zero-order chi connectivity index (χ0) is 24.2. The molecule has 0 bridgehead atoms. The van der Waals surface area contributed by atoms with Crippen molar-refractivity contribution >= 4 is 34.7 Å². The highest BCUT2D eigenvalue weighted by Crippen LogP contribution is 2.41. The van der Waals surface area contributed by atoms with Crippen molar-refractivity contribution in [1.82, 2.24) is 9.97 Å². The van der Waals surface area contributed by atoms with Crippen LogP contribution in [0.2, 0.25) is 0 Å².